The zero-order valence-electron chi connectivity index (χ0n) is 9.88. The molecule has 1 aromatic heterocycles. The molecule has 0 aliphatic heterocycles. The normalized spacial score (nSPS) is 12.1. The van der Waals surface area contributed by atoms with Gasteiger partial charge >= 0.3 is 0 Å². The summed E-state index contributed by atoms with van der Waals surface area (Å²) in [5.74, 6) is 0. The number of nitrogens with zero attached hydrogens (tertiary/aromatic N) is 1. The molecule has 4 nitrogen and oxygen atoms in total. The van der Waals surface area contributed by atoms with Crippen molar-refractivity contribution in [1.82, 2.24) is 4.57 Å². The molecule has 0 atom stereocenters. The summed E-state index contributed by atoms with van der Waals surface area (Å²) < 4.78 is 28.5. The maximum absolute atomic E-state index is 10.9. The summed E-state index contributed by atoms with van der Waals surface area (Å²) in [6.45, 7) is 2.73. The molecule has 1 heterocycles. The molecule has 0 N–H and O–H groups in total. The number of rotatable bonds is 4. The van der Waals surface area contributed by atoms with E-state index in [4.69, 9.17) is 4.18 Å². The third kappa shape index (κ3) is 2.87. The first-order valence-corrected chi connectivity index (χ1v) is 7.18. The standard InChI is InChI=1S/C12H15NO3S/c1-10-4-3-5-11-6-7-13(12(10)11)8-9-16-17(2,14)15/h3-7H,8-9H2,1-2H3. The molecule has 17 heavy (non-hydrogen) atoms. The van der Waals surface area contributed by atoms with Gasteiger partial charge < -0.3 is 4.57 Å². The van der Waals surface area contributed by atoms with E-state index in [2.05, 4.69) is 0 Å². The Labute approximate surface area is 101 Å². The SMILES string of the molecule is Cc1cccc2ccn(CCOS(C)(=O)=O)c12. The molecule has 0 radical (unpaired) electrons. The van der Waals surface area contributed by atoms with Gasteiger partial charge in [0.15, 0.2) is 0 Å². The molecule has 0 fully saturated rings. The number of aromatic nitrogens is 1. The molecule has 0 saturated carbocycles. The smallest absolute Gasteiger partial charge is 0.264 e. The molecule has 92 valence electrons. The highest BCUT2D eigenvalue weighted by Gasteiger charge is 2.05. The van der Waals surface area contributed by atoms with Gasteiger partial charge in [0, 0.05) is 12.7 Å². The van der Waals surface area contributed by atoms with Crippen LogP contribution in [0.25, 0.3) is 10.9 Å². The molecule has 0 bridgehead atoms. The van der Waals surface area contributed by atoms with Gasteiger partial charge in [-0.05, 0) is 23.9 Å². The van der Waals surface area contributed by atoms with Crippen LogP contribution < -0.4 is 0 Å². The second-order valence-corrected chi connectivity index (χ2v) is 5.69. The number of aryl methyl sites for hydroxylation is 1. The summed E-state index contributed by atoms with van der Waals surface area (Å²) >= 11 is 0. The van der Waals surface area contributed by atoms with Gasteiger partial charge in [-0.15, -0.1) is 0 Å². The molecular formula is C12H15NO3S. The van der Waals surface area contributed by atoms with Crippen molar-refractivity contribution in [2.45, 2.75) is 13.5 Å². The van der Waals surface area contributed by atoms with Crippen LogP contribution in [-0.4, -0.2) is 25.8 Å². The fourth-order valence-corrected chi connectivity index (χ4v) is 2.30. The third-order valence-corrected chi connectivity index (χ3v) is 3.21. The molecular weight excluding hydrogens is 238 g/mol. The highest BCUT2D eigenvalue weighted by atomic mass is 32.2. The lowest BCUT2D eigenvalue weighted by Crippen LogP contribution is -2.10. The first-order chi connectivity index (χ1) is 7.97. The predicted molar refractivity (Wildman–Crippen MR) is 67.5 cm³/mol. The molecule has 0 aliphatic rings. The summed E-state index contributed by atoms with van der Waals surface area (Å²) in [7, 11) is -3.35. The molecule has 0 amide bonds. The van der Waals surface area contributed by atoms with Crippen LogP contribution in [0.15, 0.2) is 30.5 Å². The minimum atomic E-state index is -3.35. The van der Waals surface area contributed by atoms with Gasteiger partial charge in [0.25, 0.3) is 10.1 Å². The largest absolute Gasteiger partial charge is 0.345 e. The zero-order chi connectivity index (χ0) is 12.5. The Morgan fingerprint density at radius 1 is 1.29 bits per heavy atom. The second kappa shape index (κ2) is 4.50. The highest BCUT2D eigenvalue weighted by Crippen LogP contribution is 2.19. The lowest BCUT2D eigenvalue weighted by molar-refractivity contribution is 0.306. The van der Waals surface area contributed by atoms with Gasteiger partial charge in [-0.1, -0.05) is 18.2 Å². The van der Waals surface area contributed by atoms with E-state index in [1.807, 2.05) is 42.0 Å². The van der Waals surface area contributed by atoms with Crippen LogP contribution in [0, 0.1) is 6.92 Å². The van der Waals surface area contributed by atoms with E-state index in [1.54, 1.807) is 0 Å². The van der Waals surface area contributed by atoms with Gasteiger partial charge in [-0.3, -0.25) is 4.18 Å². The Balaban J connectivity index is 2.20. The van der Waals surface area contributed by atoms with Crippen LogP contribution in [0.1, 0.15) is 5.56 Å². The maximum Gasteiger partial charge on any atom is 0.264 e. The average molecular weight is 253 g/mol. The Kier molecular flexibility index (Phi) is 3.22. The van der Waals surface area contributed by atoms with Crippen molar-refractivity contribution in [2.75, 3.05) is 12.9 Å². The Morgan fingerprint density at radius 3 is 2.76 bits per heavy atom. The summed E-state index contributed by atoms with van der Waals surface area (Å²) in [6.07, 6.45) is 3.01. The van der Waals surface area contributed by atoms with Gasteiger partial charge in [-0.25, -0.2) is 0 Å². The second-order valence-electron chi connectivity index (χ2n) is 4.05. The first kappa shape index (κ1) is 12.1. The lowest BCUT2D eigenvalue weighted by atomic mass is 10.2. The third-order valence-electron chi connectivity index (χ3n) is 2.62. The van der Waals surface area contributed by atoms with E-state index >= 15 is 0 Å². The number of para-hydroxylation sites is 1. The molecule has 0 saturated heterocycles. The van der Waals surface area contributed by atoms with Crippen LogP contribution in [0.5, 0.6) is 0 Å². The molecule has 0 aliphatic carbocycles. The molecule has 2 aromatic rings. The van der Waals surface area contributed by atoms with Gasteiger partial charge in [0.05, 0.1) is 18.4 Å². The van der Waals surface area contributed by atoms with E-state index in [1.165, 1.54) is 5.56 Å². The van der Waals surface area contributed by atoms with Crippen molar-refractivity contribution in [1.29, 1.82) is 0 Å². The summed E-state index contributed by atoms with van der Waals surface area (Å²) in [4.78, 5) is 0. The van der Waals surface area contributed by atoms with E-state index in [0.717, 1.165) is 17.2 Å². The molecule has 0 spiro atoms. The summed E-state index contributed by atoms with van der Waals surface area (Å²) in [5.41, 5.74) is 2.30. The van der Waals surface area contributed by atoms with Crippen molar-refractivity contribution >= 4 is 21.0 Å². The fraction of sp³-hybridized carbons (Fsp3) is 0.333. The van der Waals surface area contributed by atoms with E-state index in [-0.39, 0.29) is 6.61 Å². The quantitative estimate of drug-likeness (QED) is 0.782. The summed E-state index contributed by atoms with van der Waals surface area (Å²) in [6, 6.07) is 8.10. The fourth-order valence-electron chi connectivity index (χ4n) is 1.93. The Hall–Kier alpha value is -1.33. The van der Waals surface area contributed by atoms with Crippen molar-refractivity contribution in [3.05, 3.63) is 36.0 Å². The zero-order valence-corrected chi connectivity index (χ0v) is 10.7. The van der Waals surface area contributed by atoms with Crippen molar-refractivity contribution < 1.29 is 12.6 Å². The topological polar surface area (TPSA) is 48.3 Å². The average Bonchev–Trinajstić information content (AvgIpc) is 2.61. The Morgan fingerprint density at radius 2 is 2.06 bits per heavy atom. The van der Waals surface area contributed by atoms with Crippen molar-refractivity contribution in [3.8, 4) is 0 Å². The van der Waals surface area contributed by atoms with Gasteiger partial charge in [-0.2, -0.15) is 8.42 Å². The maximum atomic E-state index is 10.9. The Bertz CT molecular complexity index is 628. The molecule has 2 rings (SSSR count). The van der Waals surface area contributed by atoms with Crippen LogP contribution in [0.4, 0.5) is 0 Å². The molecule has 5 heteroatoms. The summed E-state index contributed by atoms with van der Waals surface area (Å²) in [5, 5.41) is 1.16. The number of benzene rings is 1. The van der Waals surface area contributed by atoms with Gasteiger partial charge in [0.2, 0.25) is 0 Å². The molecule has 1 aromatic carbocycles. The van der Waals surface area contributed by atoms with Crippen LogP contribution in [0.3, 0.4) is 0 Å². The predicted octanol–water partition coefficient (Wildman–Crippen LogP) is 1.93. The van der Waals surface area contributed by atoms with E-state index in [0.29, 0.717) is 6.54 Å². The monoisotopic (exact) mass is 253 g/mol. The minimum Gasteiger partial charge on any atom is -0.345 e. The van der Waals surface area contributed by atoms with Gasteiger partial charge in [0.1, 0.15) is 0 Å². The number of hydrogen-bond donors (Lipinski definition) is 0. The molecule has 0 unspecified atom stereocenters. The highest BCUT2D eigenvalue weighted by molar-refractivity contribution is 7.85. The van der Waals surface area contributed by atoms with Crippen molar-refractivity contribution in [2.24, 2.45) is 0 Å². The van der Waals surface area contributed by atoms with Crippen molar-refractivity contribution in [3.63, 3.8) is 0 Å². The number of fused-ring (bicyclic) bond motifs is 1. The van der Waals surface area contributed by atoms with E-state index < -0.39 is 10.1 Å². The van der Waals surface area contributed by atoms with Crippen LogP contribution in [-0.2, 0) is 20.8 Å². The minimum absolute atomic E-state index is 0.164. The van der Waals surface area contributed by atoms with Crippen LogP contribution in [0.2, 0.25) is 0 Å². The first-order valence-electron chi connectivity index (χ1n) is 5.36. The number of hydrogen-bond acceptors (Lipinski definition) is 3. The lowest BCUT2D eigenvalue weighted by Gasteiger charge is -2.07. The van der Waals surface area contributed by atoms with E-state index in [9.17, 15) is 8.42 Å². The van der Waals surface area contributed by atoms with Crippen LogP contribution >= 0.6 is 0 Å².